The summed E-state index contributed by atoms with van der Waals surface area (Å²) >= 11 is 0. The molecule has 4 nitrogen and oxygen atoms in total. The SMILES string of the molecule is CCc1ccc2nc(N3CCC[C@](O)(CO)C3)cc(C)c2c1. The molecule has 0 amide bonds. The Labute approximate surface area is 131 Å². The van der Waals surface area contributed by atoms with Crippen LogP contribution < -0.4 is 4.90 Å². The first kappa shape index (κ1) is 15.3. The van der Waals surface area contributed by atoms with Crippen LogP contribution in [0.15, 0.2) is 24.3 Å². The molecule has 1 aromatic heterocycles. The lowest BCUT2D eigenvalue weighted by atomic mass is 9.93. The zero-order chi connectivity index (χ0) is 15.7. The molecular weight excluding hydrogens is 276 g/mol. The van der Waals surface area contributed by atoms with E-state index in [-0.39, 0.29) is 6.61 Å². The number of β-amino-alcohol motifs (C(OH)–C–C–N with tert-alkyl or cyclic N) is 1. The molecule has 3 rings (SSSR count). The van der Waals surface area contributed by atoms with E-state index in [0.29, 0.717) is 13.0 Å². The third-order valence-corrected chi connectivity index (χ3v) is 4.65. The number of hydrogen-bond acceptors (Lipinski definition) is 4. The summed E-state index contributed by atoms with van der Waals surface area (Å²) in [6.07, 6.45) is 2.53. The van der Waals surface area contributed by atoms with Crippen LogP contribution >= 0.6 is 0 Å². The Balaban J connectivity index is 1.98. The largest absolute Gasteiger partial charge is 0.393 e. The predicted octanol–water partition coefficient (Wildman–Crippen LogP) is 2.43. The van der Waals surface area contributed by atoms with Crippen molar-refractivity contribution < 1.29 is 10.2 Å². The van der Waals surface area contributed by atoms with Gasteiger partial charge in [0, 0.05) is 11.9 Å². The first-order valence-corrected chi connectivity index (χ1v) is 8.03. The minimum atomic E-state index is -1.01. The fourth-order valence-corrected chi connectivity index (χ4v) is 3.24. The van der Waals surface area contributed by atoms with Gasteiger partial charge in [0.2, 0.25) is 0 Å². The molecular formula is C18H24N2O2. The summed E-state index contributed by atoms with van der Waals surface area (Å²) in [5.74, 6) is 0.890. The number of benzene rings is 1. The number of aliphatic hydroxyl groups is 2. The highest BCUT2D eigenvalue weighted by Crippen LogP contribution is 2.28. The van der Waals surface area contributed by atoms with E-state index in [4.69, 9.17) is 4.98 Å². The maximum Gasteiger partial charge on any atom is 0.129 e. The molecule has 1 fully saturated rings. The molecule has 1 aromatic carbocycles. The van der Waals surface area contributed by atoms with Crippen molar-refractivity contribution in [1.82, 2.24) is 4.98 Å². The van der Waals surface area contributed by atoms with E-state index in [2.05, 4.69) is 43.0 Å². The van der Waals surface area contributed by atoms with Crippen LogP contribution in [0.1, 0.15) is 30.9 Å². The molecule has 2 aromatic rings. The molecule has 1 atom stereocenters. The summed E-state index contributed by atoms with van der Waals surface area (Å²) in [6, 6.07) is 8.50. The van der Waals surface area contributed by atoms with E-state index in [9.17, 15) is 10.2 Å². The van der Waals surface area contributed by atoms with Crippen LogP contribution in [0, 0.1) is 6.92 Å². The van der Waals surface area contributed by atoms with Crippen molar-refractivity contribution in [3.63, 3.8) is 0 Å². The molecule has 1 saturated heterocycles. The van der Waals surface area contributed by atoms with Crippen LogP contribution in [0.2, 0.25) is 0 Å². The minimum absolute atomic E-state index is 0.198. The lowest BCUT2D eigenvalue weighted by Crippen LogP contribution is -2.50. The van der Waals surface area contributed by atoms with E-state index >= 15 is 0 Å². The Morgan fingerprint density at radius 1 is 1.32 bits per heavy atom. The zero-order valence-electron chi connectivity index (χ0n) is 13.3. The molecule has 1 aliphatic heterocycles. The average Bonchev–Trinajstić information content (AvgIpc) is 2.54. The molecule has 4 heteroatoms. The lowest BCUT2D eigenvalue weighted by molar-refractivity contribution is -0.0242. The average molecular weight is 300 g/mol. The first-order valence-electron chi connectivity index (χ1n) is 8.03. The van der Waals surface area contributed by atoms with Gasteiger partial charge in [-0.3, -0.25) is 0 Å². The van der Waals surface area contributed by atoms with Crippen molar-refractivity contribution in [1.29, 1.82) is 0 Å². The van der Waals surface area contributed by atoms with Crippen molar-refractivity contribution in [2.75, 3.05) is 24.6 Å². The number of hydrogen-bond donors (Lipinski definition) is 2. The number of aliphatic hydroxyl groups excluding tert-OH is 1. The molecule has 0 spiro atoms. The number of aryl methyl sites for hydroxylation is 2. The van der Waals surface area contributed by atoms with Crippen molar-refractivity contribution in [3.8, 4) is 0 Å². The van der Waals surface area contributed by atoms with Crippen LogP contribution in [0.25, 0.3) is 10.9 Å². The van der Waals surface area contributed by atoms with Crippen LogP contribution in [0.3, 0.4) is 0 Å². The number of piperidine rings is 1. The van der Waals surface area contributed by atoms with Gasteiger partial charge < -0.3 is 15.1 Å². The Kier molecular flexibility index (Phi) is 4.06. The molecule has 0 unspecified atom stereocenters. The normalized spacial score (nSPS) is 22.3. The van der Waals surface area contributed by atoms with Gasteiger partial charge in [-0.1, -0.05) is 13.0 Å². The highest BCUT2D eigenvalue weighted by Gasteiger charge is 2.33. The summed E-state index contributed by atoms with van der Waals surface area (Å²) in [7, 11) is 0. The molecule has 2 heterocycles. The number of nitrogens with zero attached hydrogens (tertiary/aromatic N) is 2. The zero-order valence-corrected chi connectivity index (χ0v) is 13.3. The van der Waals surface area contributed by atoms with Crippen LogP contribution in [0.5, 0.6) is 0 Å². The highest BCUT2D eigenvalue weighted by molar-refractivity contribution is 5.84. The second-order valence-corrected chi connectivity index (χ2v) is 6.41. The molecule has 0 bridgehead atoms. The molecule has 1 aliphatic rings. The van der Waals surface area contributed by atoms with Gasteiger partial charge in [-0.25, -0.2) is 4.98 Å². The van der Waals surface area contributed by atoms with E-state index in [1.807, 2.05) is 0 Å². The summed E-state index contributed by atoms with van der Waals surface area (Å²) in [5.41, 5.74) is 2.51. The van der Waals surface area contributed by atoms with Crippen LogP contribution in [-0.4, -0.2) is 40.5 Å². The van der Waals surface area contributed by atoms with Gasteiger partial charge in [0.1, 0.15) is 11.4 Å². The smallest absolute Gasteiger partial charge is 0.129 e. The van der Waals surface area contributed by atoms with E-state index in [1.54, 1.807) is 0 Å². The van der Waals surface area contributed by atoms with E-state index < -0.39 is 5.60 Å². The Bertz CT molecular complexity index is 686. The van der Waals surface area contributed by atoms with Crippen molar-refractivity contribution in [2.45, 2.75) is 38.7 Å². The van der Waals surface area contributed by atoms with Gasteiger partial charge in [-0.05, 0) is 55.5 Å². The van der Waals surface area contributed by atoms with Gasteiger partial charge in [0.25, 0.3) is 0 Å². The maximum atomic E-state index is 10.3. The Hall–Kier alpha value is -1.65. The van der Waals surface area contributed by atoms with E-state index in [1.165, 1.54) is 16.5 Å². The number of aromatic nitrogens is 1. The van der Waals surface area contributed by atoms with Crippen molar-refractivity contribution in [3.05, 3.63) is 35.4 Å². The topological polar surface area (TPSA) is 56.6 Å². The van der Waals surface area contributed by atoms with E-state index in [0.717, 1.165) is 30.7 Å². The summed E-state index contributed by atoms with van der Waals surface area (Å²) < 4.78 is 0. The standard InChI is InChI=1S/C18H24N2O2/c1-3-14-5-6-16-15(10-14)13(2)9-17(19-16)20-8-4-7-18(22,11-20)12-21/h5-6,9-10,21-22H,3-4,7-8,11-12H2,1-2H3/t18-/m1/s1. The van der Waals surface area contributed by atoms with Crippen LogP contribution in [0.4, 0.5) is 5.82 Å². The Morgan fingerprint density at radius 2 is 2.14 bits per heavy atom. The number of fused-ring (bicyclic) bond motifs is 1. The third kappa shape index (κ3) is 2.81. The van der Waals surface area contributed by atoms with Crippen LogP contribution in [-0.2, 0) is 6.42 Å². The molecule has 22 heavy (non-hydrogen) atoms. The number of rotatable bonds is 3. The molecule has 118 valence electrons. The second-order valence-electron chi connectivity index (χ2n) is 6.41. The lowest BCUT2D eigenvalue weighted by Gasteiger charge is -2.38. The number of pyridine rings is 1. The molecule has 0 saturated carbocycles. The third-order valence-electron chi connectivity index (χ3n) is 4.65. The summed E-state index contributed by atoms with van der Waals surface area (Å²) in [4.78, 5) is 6.85. The highest BCUT2D eigenvalue weighted by atomic mass is 16.3. The molecule has 0 radical (unpaired) electrons. The molecule has 2 N–H and O–H groups in total. The predicted molar refractivity (Wildman–Crippen MR) is 89.3 cm³/mol. The van der Waals surface area contributed by atoms with Gasteiger partial charge in [0.15, 0.2) is 0 Å². The second kappa shape index (κ2) is 5.86. The fourth-order valence-electron chi connectivity index (χ4n) is 3.24. The van der Waals surface area contributed by atoms with Gasteiger partial charge in [-0.2, -0.15) is 0 Å². The maximum absolute atomic E-state index is 10.3. The van der Waals surface area contributed by atoms with Gasteiger partial charge >= 0.3 is 0 Å². The quantitative estimate of drug-likeness (QED) is 0.914. The van der Waals surface area contributed by atoms with Crippen molar-refractivity contribution in [2.24, 2.45) is 0 Å². The molecule has 0 aliphatic carbocycles. The first-order chi connectivity index (χ1) is 10.5. The minimum Gasteiger partial charge on any atom is -0.393 e. The fraction of sp³-hybridized carbons (Fsp3) is 0.500. The summed E-state index contributed by atoms with van der Waals surface area (Å²) in [6.45, 7) is 5.37. The Morgan fingerprint density at radius 3 is 2.86 bits per heavy atom. The monoisotopic (exact) mass is 300 g/mol. The van der Waals surface area contributed by atoms with Crippen molar-refractivity contribution >= 4 is 16.7 Å². The van der Waals surface area contributed by atoms with Gasteiger partial charge in [-0.15, -0.1) is 0 Å². The van der Waals surface area contributed by atoms with Gasteiger partial charge in [0.05, 0.1) is 18.7 Å². The summed E-state index contributed by atoms with van der Waals surface area (Å²) in [5, 5.41) is 20.9. The number of anilines is 1.